The highest BCUT2D eigenvalue weighted by molar-refractivity contribution is 5.95. The van der Waals surface area contributed by atoms with Gasteiger partial charge in [-0.25, -0.2) is 4.98 Å². The van der Waals surface area contributed by atoms with Gasteiger partial charge in [0.15, 0.2) is 5.69 Å². The van der Waals surface area contributed by atoms with Gasteiger partial charge in [-0.1, -0.05) is 17.7 Å². The normalized spacial score (nSPS) is 11.6. The number of oxazole rings is 1. The molecule has 0 aliphatic rings. The van der Waals surface area contributed by atoms with Gasteiger partial charge in [-0.05, 0) is 19.1 Å². The number of rotatable bonds is 5. The maximum Gasteiger partial charge on any atom is 0.435 e. The van der Waals surface area contributed by atoms with Crippen LogP contribution < -0.4 is 5.32 Å². The quantitative estimate of drug-likeness (QED) is 0.739. The molecular weight excluding hydrogens is 361 g/mol. The molecule has 3 aromatic rings. The van der Waals surface area contributed by atoms with Crippen molar-refractivity contribution in [3.05, 3.63) is 59.2 Å². The Kier molecular flexibility index (Phi) is 5.02. The van der Waals surface area contributed by atoms with E-state index in [-0.39, 0.29) is 6.54 Å². The summed E-state index contributed by atoms with van der Waals surface area (Å²) in [6, 6.07) is 7.64. The van der Waals surface area contributed by atoms with Crippen LogP contribution in [0.15, 0.2) is 41.1 Å². The highest BCUT2D eigenvalue weighted by Crippen LogP contribution is 2.30. The Morgan fingerprint density at radius 2 is 1.96 bits per heavy atom. The highest BCUT2D eigenvalue weighted by Gasteiger charge is 2.38. The number of benzene rings is 1. The van der Waals surface area contributed by atoms with Crippen molar-refractivity contribution in [3.8, 4) is 11.5 Å². The van der Waals surface area contributed by atoms with Crippen molar-refractivity contribution in [2.24, 2.45) is 7.05 Å². The Hall–Kier alpha value is -3.10. The number of nitrogens with zero attached hydrogens (tertiary/aromatic N) is 3. The summed E-state index contributed by atoms with van der Waals surface area (Å²) in [6.45, 7) is 2.09. The van der Waals surface area contributed by atoms with E-state index < -0.39 is 23.3 Å². The van der Waals surface area contributed by atoms with Gasteiger partial charge in [-0.15, -0.1) is 0 Å². The van der Waals surface area contributed by atoms with E-state index in [1.165, 1.54) is 13.3 Å². The number of nitrogens with one attached hydrogen (secondary N) is 1. The van der Waals surface area contributed by atoms with Gasteiger partial charge >= 0.3 is 6.18 Å². The molecule has 9 heteroatoms. The third kappa shape index (κ3) is 4.36. The zero-order valence-corrected chi connectivity index (χ0v) is 14.7. The Labute approximate surface area is 153 Å². The number of carbonyl (C=O) groups is 1. The summed E-state index contributed by atoms with van der Waals surface area (Å²) in [7, 11) is 1.33. The van der Waals surface area contributed by atoms with Crippen molar-refractivity contribution in [1.82, 2.24) is 20.1 Å². The number of alkyl halides is 3. The summed E-state index contributed by atoms with van der Waals surface area (Å²) in [6.07, 6.45) is -1.86. The van der Waals surface area contributed by atoms with Gasteiger partial charge in [0.25, 0.3) is 5.91 Å². The zero-order chi connectivity index (χ0) is 19.6. The zero-order valence-electron chi connectivity index (χ0n) is 14.7. The molecule has 0 fully saturated rings. The first kappa shape index (κ1) is 18.7. The van der Waals surface area contributed by atoms with Crippen LogP contribution in [0, 0.1) is 6.92 Å². The summed E-state index contributed by atoms with van der Waals surface area (Å²) < 4.78 is 45.1. The molecule has 3 rings (SSSR count). The van der Waals surface area contributed by atoms with Gasteiger partial charge in [0.2, 0.25) is 5.89 Å². The minimum atomic E-state index is -4.69. The number of hydrogen-bond donors (Lipinski definition) is 1. The van der Waals surface area contributed by atoms with Crippen molar-refractivity contribution in [1.29, 1.82) is 0 Å². The molecule has 2 heterocycles. The van der Waals surface area contributed by atoms with E-state index in [0.29, 0.717) is 18.0 Å². The number of aromatic nitrogens is 3. The molecule has 0 atom stereocenters. The maximum absolute atomic E-state index is 12.9. The summed E-state index contributed by atoms with van der Waals surface area (Å²) in [5.74, 6) is -0.388. The molecule has 1 amide bonds. The molecule has 6 nitrogen and oxygen atoms in total. The molecule has 142 valence electrons. The first-order chi connectivity index (χ1) is 12.7. The van der Waals surface area contributed by atoms with Crippen LogP contribution in [0.4, 0.5) is 13.2 Å². The standard InChI is InChI=1S/C18H17F3N4O2/c1-11-3-5-12(6-4-11)17-23-13(10-27-17)7-8-22-16(26)14-9-25(2)24-15(14)18(19,20)21/h3-6,9-10H,7-8H2,1-2H3,(H,22,26). The number of amides is 1. The van der Waals surface area contributed by atoms with Gasteiger partial charge in [0.1, 0.15) is 6.26 Å². The third-order valence-corrected chi connectivity index (χ3v) is 3.86. The van der Waals surface area contributed by atoms with Crippen LogP contribution in [-0.2, 0) is 19.6 Å². The third-order valence-electron chi connectivity index (χ3n) is 3.86. The largest absolute Gasteiger partial charge is 0.444 e. The second-order valence-corrected chi connectivity index (χ2v) is 6.08. The van der Waals surface area contributed by atoms with E-state index >= 15 is 0 Å². The summed E-state index contributed by atoms with van der Waals surface area (Å²) >= 11 is 0. The molecule has 0 aliphatic heterocycles. The van der Waals surface area contributed by atoms with Crippen LogP contribution in [0.5, 0.6) is 0 Å². The number of hydrogen-bond acceptors (Lipinski definition) is 4. The lowest BCUT2D eigenvalue weighted by Crippen LogP contribution is -2.27. The lowest BCUT2D eigenvalue weighted by Gasteiger charge is -2.06. The molecule has 0 radical (unpaired) electrons. The first-order valence-electron chi connectivity index (χ1n) is 8.14. The minimum absolute atomic E-state index is 0.116. The van der Waals surface area contributed by atoms with Crippen molar-refractivity contribution >= 4 is 5.91 Å². The average molecular weight is 378 g/mol. The second kappa shape index (κ2) is 7.26. The predicted molar refractivity (Wildman–Crippen MR) is 90.9 cm³/mol. The summed E-state index contributed by atoms with van der Waals surface area (Å²) in [5, 5.41) is 5.77. The van der Waals surface area contributed by atoms with Crippen LogP contribution in [0.2, 0.25) is 0 Å². The van der Waals surface area contributed by atoms with E-state index in [0.717, 1.165) is 22.0 Å². The van der Waals surface area contributed by atoms with E-state index in [4.69, 9.17) is 4.42 Å². The van der Waals surface area contributed by atoms with Crippen LogP contribution in [0.3, 0.4) is 0 Å². The predicted octanol–water partition coefficient (Wildman–Crippen LogP) is 3.37. The first-order valence-corrected chi connectivity index (χ1v) is 8.14. The smallest absolute Gasteiger partial charge is 0.435 e. The van der Waals surface area contributed by atoms with Crippen molar-refractivity contribution in [3.63, 3.8) is 0 Å². The summed E-state index contributed by atoms with van der Waals surface area (Å²) in [5.41, 5.74) is 0.812. The Morgan fingerprint density at radius 3 is 2.63 bits per heavy atom. The number of aryl methyl sites for hydroxylation is 2. The van der Waals surface area contributed by atoms with Crippen molar-refractivity contribution < 1.29 is 22.4 Å². The Morgan fingerprint density at radius 1 is 1.26 bits per heavy atom. The lowest BCUT2D eigenvalue weighted by atomic mass is 10.1. The topological polar surface area (TPSA) is 73.0 Å². The molecule has 0 bridgehead atoms. The fraction of sp³-hybridized carbons (Fsp3) is 0.278. The van der Waals surface area contributed by atoms with E-state index in [1.807, 2.05) is 31.2 Å². The molecule has 0 saturated carbocycles. The molecule has 0 aliphatic carbocycles. The maximum atomic E-state index is 12.9. The highest BCUT2D eigenvalue weighted by atomic mass is 19.4. The SMILES string of the molecule is Cc1ccc(-c2nc(CCNC(=O)c3cn(C)nc3C(F)(F)F)co2)cc1. The lowest BCUT2D eigenvalue weighted by molar-refractivity contribution is -0.141. The monoisotopic (exact) mass is 378 g/mol. The van der Waals surface area contributed by atoms with E-state index in [9.17, 15) is 18.0 Å². The van der Waals surface area contributed by atoms with Crippen molar-refractivity contribution in [2.45, 2.75) is 19.5 Å². The molecule has 2 aromatic heterocycles. The van der Waals surface area contributed by atoms with Gasteiger partial charge < -0.3 is 9.73 Å². The Bertz CT molecular complexity index is 942. The fourth-order valence-corrected chi connectivity index (χ4v) is 2.51. The van der Waals surface area contributed by atoms with Gasteiger partial charge in [-0.2, -0.15) is 18.3 Å². The van der Waals surface area contributed by atoms with Gasteiger partial charge in [-0.3, -0.25) is 9.48 Å². The van der Waals surface area contributed by atoms with Crippen molar-refractivity contribution in [2.75, 3.05) is 6.54 Å². The van der Waals surface area contributed by atoms with E-state index in [2.05, 4.69) is 15.4 Å². The van der Waals surface area contributed by atoms with Gasteiger partial charge in [0, 0.05) is 31.8 Å². The minimum Gasteiger partial charge on any atom is -0.444 e. The molecule has 0 spiro atoms. The Balaban J connectivity index is 1.61. The average Bonchev–Trinajstić information content (AvgIpc) is 3.22. The molecule has 1 N–H and O–H groups in total. The van der Waals surface area contributed by atoms with Crippen LogP contribution in [-0.4, -0.2) is 27.2 Å². The molecule has 27 heavy (non-hydrogen) atoms. The molecule has 0 unspecified atom stereocenters. The number of carbonyl (C=O) groups excluding carboxylic acids is 1. The van der Waals surface area contributed by atoms with Crippen LogP contribution >= 0.6 is 0 Å². The fourth-order valence-electron chi connectivity index (χ4n) is 2.51. The summed E-state index contributed by atoms with van der Waals surface area (Å²) in [4.78, 5) is 16.4. The van der Waals surface area contributed by atoms with Gasteiger partial charge in [0.05, 0.1) is 11.3 Å². The molecule has 0 saturated heterocycles. The van der Waals surface area contributed by atoms with E-state index in [1.54, 1.807) is 0 Å². The second-order valence-electron chi connectivity index (χ2n) is 6.08. The molecular formula is C18H17F3N4O2. The van der Waals surface area contributed by atoms with Crippen LogP contribution in [0.25, 0.3) is 11.5 Å². The molecule has 1 aromatic carbocycles. The van der Waals surface area contributed by atoms with Crippen LogP contribution in [0.1, 0.15) is 27.3 Å². The number of halogens is 3.